The van der Waals surface area contributed by atoms with E-state index in [-0.39, 0.29) is 17.7 Å². The second-order valence-corrected chi connectivity index (χ2v) is 5.52. The van der Waals surface area contributed by atoms with Gasteiger partial charge in [-0.25, -0.2) is 0 Å². The lowest BCUT2D eigenvalue weighted by Crippen LogP contribution is -2.36. The highest BCUT2D eigenvalue weighted by Crippen LogP contribution is 2.24. The van der Waals surface area contributed by atoms with E-state index in [2.05, 4.69) is 33.0 Å². The number of rotatable bonds is 8. The number of amides is 1. The highest BCUT2D eigenvalue weighted by Gasteiger charge is 2.22. The van der Waals surface area contributed by atoms with Crippen LogP contribution in [0.1, 0.15) is 53.4 Å². The largest absolute Gasteiger partial charge is 0.481 e. The van der Waals surface area contributed by atoms with Crippen LogP contribution in [0.5, 0.6) is 0 Å². The Balaban J connectivity index is 3.70. The SMILES string of the molecule is CC(C)C(C)(C)CNC(=O)CCCCC(=O)O. The minimum Gasteiger partial charge on any atom is -0.481 e. The van der Waals surface area contributed by atoms with Crippen molar-refractivity contribution in [1.29, 1.82) is 0 Å². The smallest absolute Gasteiger partial charge is 0.303 e. The zero-order chi connectivity index (χ0) is 13.5. The van der Waals surface area contributed by atoms with Crippen molar-refractivity contribution < 1.29 is 14.7 Å². The maximum absolute atomic E-state index is 11.5. The Morgan fingerprint density at radius 1 is 1.18 bits per heavy atom. The molecule has 0 rings (SSSR count). The molecule has 4 nitrogen and oxygen atoms in total. The minimum absolute atomic E-state index is 0.0177. The summed E-state index contributed by atoms with van der Waals surface area (Å²) >= 11 is 0. The standard InChI is InChI=1S/C13H25NO3/c1-10(2)13(3,4)9-14-11(15)7-5-6-8-12(16)17/h10H,5-9H2,1-4H3,(H,14,15)(H,16,17). The van der Waals surface area contributed by atoms with Gasteiger partial charge in [-0.3, -0.25) is 9.59 Å². The predicted octanol–water partition coefficient (Wildman–Crippen LogP) is 2.43. The average Bonchev–Trinajstić information content (AvgIpc) is 2.21. The van der Waals surface area contributed by atoms with E-state index in [1.807, 2.05) is 0 Å². The summed E-state index contributed by atoms with van der Waals surface area (Å²) < 4.78 is 0. The molecule has 1 amide bonds. The molecule has 4 heteroatoms. The van der Waals surface area contributed by atoms with E-state index in [0.717, 1.165) is 0 Å². The Hall–Kier alpha value is -1.06. The van der Waals surface area contributed by atoms with Crippen LogP contribution in [0.25, 0.3) is 0 Å². The van der Waals surface area contributed by atoms with Gasteiger partial charge in [0.15, 0.2) is 0 Å². The molecule has 100 valence electrons. The van der Waals surface area contributed by atoms with Gasteiger partial charge in [0.25, 0.3) is 0 Å². The fraction of sp³-hybridized carbons (Fsp3) is 0.846. The molecule has 0 bridgehead atoms. The molecule has 2 N–H and O–H groups in total. The summed E-state index contributed by atoms with van der Waals surface area (Å²) in [7, 11) is 0. The molecule has 0 aliphatic carbocycles. The first-order valence-corrected chi connectivity index (χ1v) is 6.24. The van der Waals surface area contributed by atoms with Gasteiger partial charge in [0.1, 0.15) is 0 Å². The number of unbranched alkanes of at least 4 members (excludes halogenated alkanes) is 1. The monoisotopic (exact) mass is 243 g/mol. The van der Waals surface area contributed by atoms with Crippen LogP contribution in [0.3, 0.4) is 0 Å². The fourth-order valence-corrected chi connectivity index (χ4v) is 1.18. The summed E-state index contributed by atoms with van der Waals surface area (Å²) in [5, 5.41) is 11.4. The number of nitrogens with one attached hydrogen (secondary N) is 1. The van der Waals surface area contributed by atoms with E-state index in [0.29, 0.717) is 31.7 Å². The van der Waals surface area contributed by atoms with Gasteiger partial charge in [-0.1, -0.05) is 27.7 Å². The number of hydrogen-bond acceptors (Lipinski definition) is 2. The number of carbonyl (C=O) groups excluding carboxylic acids is 1. The summed E-state index contributed by atoms with van der Waals surface area (Å²) in [5.41, 5.74) is 0.0940. The first-order chi connectivity index (χ1) is 7.75. The summed E-state index contributed by atoms with van der Waals surface area (Å²) in [5.74, 6) is -0.273. The molecule has 0 saturated heterocycles. The number of carbonyl (C=O) groups is 2. The first-order valence-electron chi connectivity index (χ1n) is 6.24. The third kappa shape index (κ3) is 7.77. The summed E-state index contributed by atoms with van der Waals surface area (Å²) in [6.07, 6.45) is 1.77. The lowest BCUT2D eigenvalue weighted by atomic mass is 9.81. The minimum atomic E-state index is -0.800. The Morgan fingerprint density at radius 2 is 1.71 bits per heavy atom. The Labute approximate surface area is 104 Å². The van der Waals surface area contributed by atoms with Crippen molar-refractivity contribution in [2.24, 2.45) is 11.3 Å². The van der Waals surface area contributed by atoms with Crippen molar-refractivity contribution in [2.75, 3.05) is 6.54 Å². The molecule has 0 radical (unpaired) electrons. The van der Waals surface area contributed by atoms with Crippen LogP contribution in [0.4, 0.5) is 0 Å². The van der Waals surface area contributed by atoms with Crippen molar-refractivity contribution in [3.05, 3.63) is 0 Å². The second kappa shape index (κ2) is 7.30. The number of aliphatic carboxylic acids is 1. The van der Waals surface area contributed by atoms with Crippen LogP contribution in [0.15, 0.2) is 0 Å². The number of carboxylic acid groups (broad SMARTS) is 1. The van der Waals surface area contributed by atoms with Gasteiger partial charge in [-0.2, -0.15) is 0 Å². The number of hydrogen-bond donors (Lipinski definition) is 2. The third-order valence-electron chi connectivity index (χ3n) is 3.35. The molecule has 0 unspecified atom stereocenters. The molecule has 0 aromatic heterocycles. The van der Waals surface area contributed by atoms with Crippen molar-refractivity contribution in [3.63, 3.8) is 0 Å². The van der Waals surface area contributed by atoms with Gasteiger partial charge < -0.3 is 10.4 Å². The normalized spacial score (nSPS) is 11.6. The van der Waals surface area contributed by atoms with E-state index in [9.17, 15) is 9.59 Å². The molecule has 0 aliphatic rings. The summed E-state index contributed by atoms with van der Waals surface area (Å²) in [6.45, 7) is 9.20. The summed E-state index contributed by atoms with van der Waals surface area (Å²) in [6, 6.07) is 0. The van der Waals surface area contributed by atoms with Crippen molar-refractivity contribution in [3.8, 4) is 0 Å². The molecule has 17 heavy (non-hydrogen) atoms. The first kappa shape index (κ1) is 15.9. The van der Waals surface area contributed by atoms with Gasteiger partial charge in [0.2, 0.25) is 5.91 Å². The molecule has 0 saturated carbocycles. The van der Waals surface area contributed by atoms with E-state index >= 15 is 0 Å². The van der Waals surface area contributed by atoms with Crippen molar-refractivity contribution in [1.82, 2.24) is 5.32 Å². The molecular weight excluding hydrogens is 218 g/mol. The van der Waals surface area contributed by atoms with Crippen LogP contribution in [-0.2, 0) is 9.59 Å². The maximum atomic E-state index is 11.5. The maximum Gasteiger partial charge on any atom is 0.303 e. The van der Waals surface area contributed by atoms with Crippen LogP contribution in [0.2, 0.25) is 0 Å². The molecule has 0 aromatic rings. The van der Waals surface area contributed by atoms with Gasteiger partial charge in [-0.05, 0) is 24.2 Å². The van der Waals surface area contributed by atoms with Crippen LogP contribution >= 0.6 is 0 Å². The zero-order valence-electron chi connectivity index (χ0n) is 11.4. The van der Waals surface area contributed by atoms with Gasteiger partial charge in [-0.15, -0.1) is 0 Å². The van der Waals surface area contributed by atoms with Crippen LogP contribution in [0, 0.1) is 11.3 Å². The van der Waals surface area contributed by atoms with E-state index in [4.69, 9.17) is 5.11 Å². The second-order valence-electron chi connectivity index (χ2n) is 5.52. The lowest BCUT2D eigenvalue weighted by molar-refractivity contribution is -0.137. The average molecular weight is 243 g/mol. The molecule has 0 aliphatic heterocycles. The Morgan fingerprint density at radius 3 is 2.18 bits per heavy atom. The Kier molecular flexibility index (Phi) is 6.85. The van der Waals surface area contributed by atoms with E-state index in [1.165, 1.54) is 0 Å². The van der Waals surface area contributed by atoms with Gasteiger partial charge in [0, 0.05) is 19.4 Å². The lowest BCUT2D eigenvalue weighted by Gasteiger charge is -2.29. The Bertz CT molecular complexity index is 259. The topological polar surface area (TPSA) is 66.4 Å². The molecule has 0 aromatic carbocycles. The zero-order valence-corrected chi connectivity index (χ0v) is 11.4. The molecule has 0 spiro atoms. The highest BCUT2D eigenvalue weighted by atomic mass is 16.4. The van der Waals surface area contributed by atoms with Crippen molar-refractivity contribution >= 4 is 11.9 Å². The molecule has 0 fully saturated rings. The molecular formula is C13H25NO3. The van der Waals surface area contributed by atoms with Gasteiger partial charge >= 0.3 is 5.97 Å². The van der Waals surface area contributed by atoms with Crippen LogP contribution in [-0.4, -0.2) is 23.5 Å². The fourth-order valence-electron chi connectivity index (χ4n) is 1.18. The van der Waals surface area contributed by atoms with E-state index < -0.39 is 5.97 Å². The quantitative estimate of drug-likeness (QED) is 0.643. The molecule has 0 heterocycles. The van der Waals surface area contributed by atoms with E-state index in [1.54, 1.807) is 0 Å². The molecule has 0 atom stereocenters. The van der Waals surface area contributed by atoms with Crippen LogP contribution < -0.4 is 5.32 Å². The number of carboxylic acids is 1. The third-order valence-corrected chi connectivity index (χ3v) is 3.35. The summed E-state index contributed by atoms with van der Waals surface area (Å²) in [4.78, 5) is 21.8. The predicted molar refractivity (Wildman–Crippen MR) is 67.7 cm³/mol. The van der Waals surface area contributed by atoms with Gasteiger partial charge in [0.05, 0.1) is 0 Å². The van der Waals surface area contributed by atoms with Crippen molar-refractivity contribution in [2.45, 2.75) is 53.4 Å². The highest BCUT2D eigenvalue weighted by molar-refractivity contribution is 5.75.